The van der Waals surface area contributed by atoms with E-state index in [1.165, 1.54) is 5.56 Å². The Morgan fingerprint density at radius 1 is 1.30 bits per heavy atom. The second kappa shape index (κ2) is 7.90. The monoisotopic (exact) mass is 278 g/mol. The number of carbonyl (C=O) groups is 1. The summed E-state index contributed by atoms with van der Waals surface area (Å²) in [5.74, 6) is -1.11. The zero-order valence-corrected chi connectivity index (χ0v) is 13.0. The van der Waals surface area contributed by atoms with Crippen LogP contribution in [0.1, 0.15) is 18.9 Å². The lowest BCUT2D eigenvalue weighted by Crippen LogP contribution is -2.34. The van der Waals surface area contributed by atoms with E-state index in [1.807, 2.05) is 6.07 Å². The van der Waals surface area contributed by atoms with Gasteiger partial charge in [0.2, 0.25) is 0 Å². The third kappa shape index (κ3) is 5.61. The molecule has 0 aliphatic heterocycles. The Morgan fingerprint density at radius 2 is 2.00 bits per heavy atom. The Balaban J connectivity index is 2.75. The highest BCUT2D eigenvalue weighted by molar-refractivity contribution is 5.70. The van der Waals surface area contributed by atoms with Crippen molar-refractivity contribution in [3.63, 3.8) is 0 Å². The fourth-order valence-corrected chi connectivity index (χ4v) is 2.14. The highest BCUT2D eigenvalue weighted by Crippen LogP contribution is 2.18. The second-order valence-electron chi connectivity index (χ2n) is 5.68. The van der Waals surface area contributed by atoms with Gasteiger partial charge in [0.05, 0.1) is 5.92 Å². The summed E-state index contributed by atoms with van der Waals surface area (Å²) in [6, 6.07) is 8.25. The fourth-order valence-electron chi connectivity index (χ4n) is 2.14. The molecule has 0 saturated heterocycles. The lowest BCUT2D eigenvalue weighted by molar-refractivity contribution is -0.140. The topological polar surface area (TPSA) is 43.8 Å². The number of anilines is 1. The number of hydrogen-bond donors (Lipinski definition) is 1. The molecular formula is C16H26N2O2. The van der Waals surface area contributed by atoms with Crippen LogP contribution in [0.3, 0.4) is 0 Å². The van der Waals surface area contributed by atoms with E-state index in [9.17, 15) is 4.79 Å². The Kier molecular flexibility index (Phi) is 6.52. The molecule has 112 valence electrons. The summed E-state index contributed by atoms with van der Waals surface area (Å²) >= 11 is 0. The molecule has 1 aromatic rings. The molecule has 0 heterocycles. The van der Waals surface area contributed by atoms with Gasteiger partial charge in [-0.05, 0) is 51.7 Å². The summed E-state index contributed by atoms with van der Waals surface area (Å²) < 4.78 is 0. The summed E-state index contributed by atoms with van der Waals surface area (Å²) in [6.07, 6.45) is 1.02. The van der Waals surface area contributed by atoms with Gasteiger partial charge in [0.1, 0.15) is 0 Å². The van der Waals surface area contributed by atoms with Crippen molar-refractivity contribution < 1.29 is 9.90 Å². The first-order chi connectivity index (χ1) is 9.40. The Morgan fingerprint density at radius 3 is 2.55 bits per heavy atom. The molecule has 0 amide bonds. The number of nitrogens with zero attached hydrogens (tertiary/aromatic N) is 2. The van der Waals surface area contributed by atoms with Crippen LogP contribution in [0.4, 0.5) is 5.69 Å². The van der Waals surface area contributed by atoms with E-state index in [4.69, 9.17) is 5.11 Å². The summed E-state index contributed by atoms with van der Waals surface area (Å²) in [5, 5.41) is 9.11. The maximum atomic E-state index is 11.1. The minimum Gasteiger partial charge on any atom is -0.481 e. The predicted molar refractivity (Wildman–Crippen MR) is 83.4 cm³/mol. The minimum absolute atomic E-state index is 0.366. The van der Waals surface area contributed by atoms with Crippen molar-refractivity contribution in [2.24, 2.45) is 5.92 Å². The minimum atomic E-state index is -0.740. The molecule has 1 atom stereocenters. The summed E-state index contributed by atoms with van der Waals surface area (Å²) in [6.45, 7) is 6.24. The number of hydrogen-bond acceptors (Lipinski definition) is 3. The summed E-state index contributed by atoms with van der Waals surface area (Å²) in [7, 11) is 4.10. The van der Waals surface area contributed by atoms with Crippen LogP contribution < -0.4 is 4.90 Å². The van der Waals surface area contributed by atoms with Crippen LogP contribution in [0.5, 0.6) is 0 Å². The van der Waals surface area contributed by atoms with Crippen molar-refractivity contribution >= 4 is 11.7 Å². The third-order valence-electron chi connectivity index (χ3n) is 3.32. The number of carboxylic acids is 1. The molecule has 0 aromatic heterocycles. The van der Waals surface area contributed by atoms with Crippen LogP contribution in [0, 0.1) is 12.8 Å². The van der Waals surface area contributed by atoms with Gasteiger partial charge in [-0.1, -0.05) is 19.1 Å². The number of aryl methyl sites for hydroxylation is 1. The van der Waals surface area contributed by atoms with Crippen molar-refractivity contribution in [1.29, 1.82) is 0 Å². The summed E-state index contributed by atoms with van der Waals surface area (Å²) in [5.41, 5.74) is 2.31. The molecule has 1 N–H and O–H groups in total. The first kappa shape index (κ1) is 16.5. The molecule has 4 heteroatoms. The predicted octanol–water partition coefficient (Wildman–Crippen LogP) is 2.47. The van der Waals surface area contributed by atoms with Gasteiger partial charge in [-0.3, -0.25) is 4.79 Å². The van der Waals surface area contributed by atoms with Crippen LogP contribution in [0.25, 0.3) is 0 Å². The van der Waals surface area contributed by atoms with Crippen LogP contribution in [-0.2, 0) is 4.79 Å². The lowest BCUT2D eigenvalue weighted by atomic mass is 10.1. The highest BCUT2D eigenvalue weighted by Gasteiger charge is 2.16. The molecular weight excluding hydrogens is 252 g/mol. The van der Waals surface area contributed by atoms with Crippen LogP contribution in [0.15, 0.2) is 24.3 Å². The van der Waals surface area contributed by atoms with Gasteiger partial charge in [-0.2, -0.15) is 0 Å². The SMILES string of the molecule is Cc1cccc(N(CCCN(C)C)CC(C)C(=O)O)c1. The van der Waals surface area contributed by atoms with E-state index in [-0.39, 0.29) is 5.92 Å². The van der Waals surface area contributed by atoms with Crippen LogP contribution in [-0.4, -0.2) is 49.7 Å². The average molecular weight is 278 g/mol. The fraction of sp³-hybridized carbons (Fsp3) is 0.562. The van der Waals surface area contributed by atoms with Crippen LogP contribution >= 0.6 is 0 Å². The zero-order valence-electron chi connectivity index (χ0n) is 13.0. The molecule has 1 aromatic carbocycles. The second-order valence-corrected chi connectivity index (χ2v) is 5.68. The third-order valence-corrected chi connectivity index (χ3v) is 3.32. The highest BCUT2D eigenvalue weighted by atomic mass is 16.4. The van der Waals surface area contributed by atoms with Gasteiger partial charge in [-0.15, -0.1) is 0 Å². The molecule has 1 rings (SSSR count). The molecule has 0 bridgehead atoms. The molecule has 0 aliphatic carbocycles. The quantitative estimate of drug-likeness (QED) is 0.793. The largest absolute Gasteiger partial charge is 0.481 e. The van der Waals surface area contributed by atoms with Crippen molar-refractivity contribution in [2.75, 3.05) is 38.6 Å². The maximum Gasteiger partial charge on any atom is 0.308 e. The normalized spacial score (nSPS) is 12.4. The van der Waals surface area contributed by atoms with E-state index < -0.39 is 5.97 Å². The van der Waals surface area contributed by atoms with Crippen molar-refractivity contribution in [3.05, 3.63) is 29.8 Å². The summed E-state index contributed by atoms with van der Waals surface area (Å²) in [4.78, 5) is 15.4. The Labute approximate surface area is 122 Å². The Bertz CT molecular complexity index is 432. The van der Waals surface area contributed by atoms with Gasteiger partial charge in [-0.25, -0.2) is 0 Å². The Hall–Kier alpha value is -1.55. The molecule has 4 nitrogen and oxygen atoms in total. The van der Waals surface area contributed by atoms with Gasteiger partial charge < -0.3 is 14.9 Å². The van der Waals surface area contributed by atoms with E-state index in [1.54, 1.807) is 6.92 Å². The van der Waals surface area contributed by atoms with E-state index in [0.717, 1.165) is 25.2 Å². The molecule has 0 radical (unpaired) electrons. The molecule has 0 fully saturated rings. The number of benzene rings is 1. The molecule has 0 saturated carbocycles. The van der Waals surface area contributed by atoms with Crippen LogP contribution in [0.2, 0.25) is 0 Å². The van der Waals surface area contributed by atoms with Crippen molar-refractivity contribution in [3.8, 4) is 0 Å². The maximum absolute atomic E-state index is 11.1. The first-order valence-corrected chi connectivity index (χ1v) is 7.09. The smallest absolute Gasteiger partial charge is 0.308 e. The van der Waals surface area contributed by atoms with E-state index in [2.05, 4.69) is 49.0 Å². The van der Waals surface area contributed by atoms with Crippen molar-refractivity contribution in [1.82, 2.24) is 4.90 Å². The van der Waals surface area contributed by atoms with Gasteiger partial charge in [0.15, 0.2) is 0 Å². The van der Waals surface area contributed by atoms with E-state index in [0.29, 0.717) is 6.54 Å². The molecule has 0 spiro atoms. The lowest BCUT2D eigenvalue weighted by Gasteiger charge is -2.27. The average Bonchev–Trinajstić information content (AvgIpc) is 2.36. The number of rotatable bonds is 8. The van der Waals surface area contributed by atoms with Crippen molar-refractivity contribution in [2.45, 2.75) is 20.3 Å². The van der Waals surface area contributed by atoms with Gasteiger partial charge in [0, 0.05) is 18.8 Å². The molecule has 1 unspecified atom stereocenters. The standard InChI is InChI=1S/C16H26N2O2/c1-13-7-5-8-15(11-13)18(10-6-9-17(3)4)12-14(2)16(19)20/h5,7-8,11,14H,6,9-10,12H2,1-4H3,(H,19,20). The van der Waals surface area contributed by atoms with E-state index >= 15 is 0 Å². The molecule has 20 heavy (non-hydrogen) atoms. The van der Waals surface area contributed by atoms with Gasteiger partial charge in [0.25, 0.3) is 0 Å². The zero-order chi connectivity index (χ0) is 15.1. The van der Waals surface area contributed by atoms with Gasteiger partial charge >= 0.3 is 5.97 Å². The molecule has 0 aliphatic rings. The number of aliphatic carboxylic acids is 1. The number of carboxylic acid groups (broad SMARTS) is 1. The first-order valence-electron chi connectivity index (χ1n) is 7.09.